The molecule has 374 valence electrons. The molecule has 1 fully saturated rings. The maximum atomic E-state index is 14.6. The number of carbonyl (C=O) groups is 4. The van der Waals surface area contributed by atoms with E-state index in [1.807, 2.05) is 98.0 Å². The van der Waals surface area contributed by atoms with E-state index in [1.165, 1.54) is 0 Å². The van der Waals surface area contributed by atoms with E-state index in [1.54, 1.807) is 43.7 Å². The van der Waals surface area contributed by atoms with Gasteiger partial charge in [0.25, 0.3) is 0 Å². The second-order valence-corrected chi connectivity index (χ2v) is 21.2. The second kappa shape index (κ2) is 27.4. The number of likely N-dealkylation sites (N-methyl/N-ethyl adjacent to an activating group) is 2. The molecule has 2 heterocycles. The van der Waals surface area contributed by atoms with Gasteiger partial charge in [0.05, 0.1) is 36.3 Å². The highest BCUT2D eigenvalue weighted by Crippen LogP contribution is 2.30. The van der Waals surface area contributed by atoms with Gasteiger partial charge in [-0.25, -0.2) is 9.78 Å². The Morgan fingerprint density at radius 2 is 1.58 bits per heavy atom. The van der Waals surface area contributed by atoms with E-state index in [0.29, 0.717) is 32.5 Å². The van der Waals surface area contributed by atoms with E-state index in [0.717, 1.165) is 49.2 Å². The second-order valence-electron chi connectivity index (χ2n) is 20.3. The first-order valence-electron chi connectivity index (χ1n) is 24.4. The molecular formula is C51H87N7O7S. The zero-order chi connectivity index (χ0) is 49.3. The Balaban J connectivity index is 1.69. The lowest BCUT2D eigenvalue weighted by Gasteiger charge is -2.41. The van der Waals surface area contributed by atoms with E-state index < -0.39 is 23.6 Å². The summed E-state index contributed by atoms with van der Waals surface area (Å²) in [7, 11) is 8.96. The number of nitrogens with zero attached hydrogens (tertiary/aromatic N) is 5. The first kappa shape index (κ1) is 56.7. The number of methoxy groups -OCH3 is 2. The molecule has 1 saturated heterocycles. The summed E-state index contributed by atoms with van der Waals surface area (Å²) in [6.07, 6.45) is 6.43. The quantitative estimate of drug-likeness (QED) is 0.0856. The van der Waals surface area contributed by atoms with Gasteiger partial charge in [-0.15, -0.1) is 11.3 Å². The van der Waals surface area contributed by atoms with E-state index in [9.17, 15) is 19.2 Å². The summed E-state index contributed by atoms with van der Waals surface area (Å²) >= 11 is 1.54. The number of ether oxygens (including phenoxy) is 3. The fourth-order valence-corrected chi connectivity index (χ4v) is 10.2. The third-order valence-electron chi connectivity index (χ3n) is 13.3. The minimum Gasteiger partial charge on any atom is -0.444 e. The number of benzene rings is 1. The summed E-state index contributed by atoms with van der Waals surface area (Å²) in [5.74, 6) is -0.831. The third-order valence-corrected chi connectivity index (χ3v) is 14.2. The van der Waals surface area contributed by atoms with Crippen LogP contribution in [0.25, 0.3) is 0 Å². The Hall–Kier alpha value is -3.63. The van der Waals surface area contributed by atoms with Crippen LogP contribution >= 0.6 is 11.3 Å². The molecule has 0 bridgehead atoms. The average molecular weight is 942 g/mol. The molecule has 1 aliphatic heterocycles. The number of rotatable bonds is 27. The van der Waals surface area contributed by atoms with Crippen LogP contribution in [0.4, 0.5) is 4.79 Å². The van der Waals surface area contributed by atoms with Crippen LogP contribution in [0, 0.1) is 23.7 Å². The lowest BCUT2D eigenvalue weighted by Crippen LogP contribution is -2.59. The number of likely N-dealkylation sites (tertiary alicyclic amines) is 1. The van der Waals surface area contributed by atoms with Crippen LogP contribution in [-0.4, -0.2) is 152 Å². The number of nitrogens with one attached hydrogen (secondary N) is 2. The number of carbonyl (C=O) groups excluding carboxylic acids is 4. The molecule has 66 heavy (non-hydrogen) atoms. The number of unbranched alkanes of at least 4 members (excludes halogenated alkanes) is 1. The summed E-state index contributed by atoms with van der Waals surface area (Å²) < 4.78 is 17.9. The molecule has 1 aromatic heterocycles. The zero-order valence-electron chi connectivity index (χ0n) is 43.2. The topological polar surface area (TPSA) is 146 Å². The lowest BCUT2D eigenvalue weighted by molar-refractivity contribution is -0.144. The molecular weight excluding hydrogens is 855 g/mol. The number of amides is 4. The van der Waals surface area contributed by atoms with Crippen molar-refractivity contribution in [2.45, 2.75) is 162 Å². The van der Waals surface area contributed by atoms with Gasteiger partial charge in [-0.1, -0.05) is 85.2 Å². The van der Waals surface area contributed by atoms with Gasteiger partial charge in [0, 0.05) is 59.0 Å². The first-order chi connectivity index (χ1) is 31.1. The Kier molecular flexibility index (Phi) is 23.5. The smallest absolute Gasteiger partial charge is 0.410 e. The molecule has 14 nitrogen and oxygen atoms in total. The van der Waals surface area contributed by atoms with Crippen molar-refractivity contribution in [3.63, 3.8) is 0 Å². The van der Waals surface area contributed by atoms with Gasteiger partial charge < -0.3 is 34.6 Å². The monoisotopic (exact) mass is 942 g/mol. The summed E-state index contributed by atoms with van der Waals surface area (Å²) in [6, 6.07) is 8.52. The van der Waals surface area contributed by atoms with Crippen LogP contribution in [0.1, 0.15) is 124 Å². The highest BCUT2D eigenvalue weighted by Gasteiger charge is 2.41. The van der Waals surface area contributed by atoms with Crippen molar-refractivity contribution in [3.8, 4) is 0 Å². The Morgan fingerprint density at radius 3 is 2.14 bits per heavy atom. The van der Waals surface area contributed by atoms with Crippen LogP contribution < -0.4 is 10.6 Å². The summed E-state index contributed by atoms with van der Waals surface area (Å²) in [4.78, 5) is 67.7. The van der Waals surface area contributed by atoms with Gasteiger partial charge in [0.15, 0.2) is 0 Å². The predicted octanol–water partition coefficient (Wildman–Crippen LogP) is 7.68. The predicted molar refractivity (Wildman–Crippen MR) is 265 cm³/mol. The lowest BCUT2D eigenvalue weighted by atomic mass is 9.89. The third kappa shape index (κ3) is 16.9. The molecule has 0 radical (unpaired) electrons. The molecule has 0 saturated carbocycles. The zero-order valence-corrected chi connectivity index (χ0v) is 44.0. The van der Waals surface area contributed by atoms with Crippen molar-refractivity contribution in [2.24, 2.45) is 23.7 Å². The average Bonchev–Trinajstić information content (AvgIpc) is 3.98. The van der Waals surface area contributed by atoms with Crippen molar-refractivity contribution >= 4 is 35.2 Å². The number of hydrogen-bond donors (Lipinski definition) is 2. The van der Waals surface area contributed by atoms with Crippen LogP contribution in [0.15, 0.2) is 41.9 Å². The molecule has 4 amide bonds. The van der Waals surface area contributed by atoms with Crippen LogP contribution in [-0.2, 0) is 35.0 Å². The maximum absolute atomic E-state index is 14.6. The molecule has 9 atom stereocenters. The van der Waals surface area contributed by atoms with Gasteiger partial charge in [-0.05, 0) is 103 Å². The van der Waals surface area contributed by atoms with Crippen LogP contribution in [0.5, 0.6) is 0 Å². The Bertz CT molecular complexity index is 1740. The van der Waals surface area contributed by atoms with Gasteiger partial charge >= 0.3 is 6.09 Å². The molecule has 3 rings (SSSR count). The minimum atomic E-state index is -0.732. The van der Waals surface area contributed by atoms with E-state index >= 15 is 0 Å². The van der Waals surface area contributed by atoms with Crippen LogP contribution in [0.2, 0.25) is 0 Å². The van der Waals surface area contributed by atoms with Crippen LogP contribution in [0.3, 0.4) is 0 Å². The van der Waals surface area contributed by atoms with Gasteiger partial charge in [0.2, 0.25) is 17.7 Å². The molecule has 1 aliphatic rings. The number of aromatic nitrogens is 1. The first-order valence-corrected chi connectivity index (χ1v) is 25.3. The largest absolute Gasteiger partial charge is 0.444 e. The molecule has 9 unspecified atom stereocenters. The fourth-order valence-electron chi connectivity index (χ4n) is 9.48. The Morgan fingerprint density at radius 1 is 0.909 bits per heavy atom. The van der Waals surface area contributed by atoms with Gasteiger partial charge in [-0.2, -0.15) is 0 Å². The van der Waals surface area contributed by atoms with Gasteiger partial charge in [-0.3, -0.25) is 24.2 Å². The van der Waals surface area contributed by atoms with E-state index in [2.05, 4.69) is 51.4 Å². The fraction of sp³-hybridized carbons (Fsp3) is 0.745. The summed E-state index contributed by atoms with van der Waals surface area (Å²) in [5, 5.41) is 9.32. The molecule has 15 heteroatoms. The minimum absolute atomic E-state index is 0.00427. The van der Waals surface area contributed by atoms with Crippen molar-refractivity contribution < 1.29 is 33.4 Å². The van der Waals surface area contributed by atoms with Crippen molar-refractivity contribution in [1.82, 2.24) is 35.2 Å². The summed E-state index contributed by atoms with van der Waals surface area (Å²) in [6.45, 7) is 22.6. The Labute approximate surface area is 402 Å². The molecule has 2 aromatic rings. The number of hydrogen-bond acceptors (Lipinski definition) is 11. The maximum Gasteiger partial charge on any atom is 0.410 e. The SMILES string of the molecule is CCC(C)C(C(CCN1CCCC1C(OC)C(C)C(=O)NC(Cc1ccccc1)c1nccs1)OC)N(C)C(=O)C(NC(=O)C(C(C)C)N(C)CCCCN(C)C(=O)OC(C)(C)C)C(C)C. The highest BCUT2D eigenvalue weighted by atomic mass is 32.1. The van der Waals surface area contributed by atoms with Gasteiger partial charge in [0.1, 0.15) is 16.7 Å². The molecule has 0 spiro atoms. The molecule has 0 aliphatic carbocycles. The van der Waals surface area contributed by atoms with E-state index in [-0.39, 0.29) is 71.9 Å². The summed E-state index contributed by atoms with van der Waals surface area (Å²) in [5.41, 5.74) is 0.574. The standard InChI is InChI=1S/C51H87N7O7S/c1-16-36(6)44(57(13)49(61)42(34(2)3)54-47(60)43(35(4)5)55(11)28-20-21-29-56(12)50(62)65-51(8,9)10)41(63-14)26-31-58-30-22-25-40(58)45(64-15)37(7)46(59)53-39(48-52-27-32-66-48)33-38-23-18-17-19-24-38/h17-19,23-24,27,32,34-37,39-45H,16,20-22,25-26,28-31,33H2,1-15H3,(H,53,59)(H,54,60). The molecule has 1 aromatic carbocycles. The molecule has 2 N–H and O–H groups in total. The van der Waals surface area contributed by atoms with E-state index in [4.69, 9.17) is 14.2 Å². The highest BCUT2D eigenvalue weighted by molar-refractivity contribution is 7.09. The van der Waals surface area contributed by atoms with Crippen molar-refractivity contribution in [1.29, 1.82) is 0 Å². The van der Waals surface area contributed by atoms with Crippen molar-refractivity contribution in [2.75, 3.05) is 61.5 Å². The van der Waals surface area contributed by atoms with Crippen molar-refractivity contribution in [3.05, 3.63) is 52.5 Å². The normalized spacial score (nSPS) is 18.3. The number of thiazole rings is 1.